The maximum atomic E-state index is 5.76. The lowest BCUT2D eigenvalue weighted by Gasteiger charge is -2.10. The van der Waals surface area contributed by atoms with Gasteiger partial charge in [-0.3, -0.25) is 0 Å². The topological polar surface area (TPSA) is 33.3 Å². The van der Waals surface area contributed by atoms with Gasteiger partial charge in [-0.05, 0) is 43.4 Å². The number of rotatable bonds is 4. The van der Waals surface area contributed by atoms with Crippen LogP contribution in [0.1, 0.15) is 6.92 Å². The Hall–Kier alpha value is -2.07. The Morgan fingerprint density at radius 2 is 1.79 bits per heavy atom. The fourth-order valence-electron chi connectivity index (χ4n) is 1.60. The van der Waals surface area contributed by atoms with Crippen LogP contribution < -0.4 is 15.4 Å². The highest BCUT2D eigenvalue weighted by Crippen LogP contribution is 2.23. The average molecular weight is 272 g/mol. The molecule has 0 saturated carbocycles. The predicted octanol–water partition coefficient (Wildman–Crippen LogP) is 3.79. The molecule has 0 fully saturated rings. The number of benzene rings is 2. The van der Waals surface area contributed by atoms with Crippen LogP contribution in [0.3, 0.4) is 0 Å². The van der Waals surface area contributed by atoms with Gasteiger partial charge in [0, 0.05) is 18.3 Å². The second-order valence-electron chi connectivity index (χ2n) is 3.93. The Morgan fingerprint density at radius 3 is 2.53 bits per heavy atom. The van der Waals surface area contributed by atoms with Crippen molar-refractivity contribution in [3.63, 3.8) is 0 Å². The van der Waals surface area contributed by atoms with E-state index < -0.39 is 0 Å². The second-order valence-corrected chi connectivity index (χ2v) is 4.34. The van der Waals surface area contributed by atoms with Gasteiger partial charge in [-0.1, -0.05) is 24.3 Å². The van der Waals surface area contributed by atoms with Crippen molar-refractivity contribution >= 4 is 23.0 Å². The number of nitrogens with one attached hydrogen (secondary N) is 2. The molecule has 0 aliphatic rings. The van der Waals surface area contributed by atoms with Crippen molar-refractivity contribution in [3.05, 3.63) is 54.6 Å². The third kappa shape index (κ3) is 4.26. The number of para-hydroxylation sites is 1. The zero-order valence-corrected chi connectivity index (χ0v) is 11.5. The molecular weight excluding hydrogens is 256 g/mol. The minimum Gasteiger partial charge on any atom is -0.457 e. The van der Waals surface area contributed by atoms with Crippen LogP contribution in [0.4, 0.5) is 5.69 Å². The zero-order chi connectivity index (χ0) is 13.5. The smallest absolute Gasteiger partial charge is 0.170 e. The van der Waals surface area contributed by atoms with Crippen LogP contribution in [0.2, 0.25) is 0 Å². The predicted molar refractivity (Wildman–Crippen MR) is 82.9 cm³/mol. The molecule has 0 aromatic heterocycles. The fourth-order valence-corrected chi connectivity index (χ4v) is 1.86. The minimum absolute atomic E-state index is 0.611. The van der Waals surface area contributed by atoms with E-state index in [9.17, 15) is 0 Å². The molecule has 0 aliphatic heterocycles. The van der Waals surface area contributed by atoms with Crippen molar-refractivity contribution < 1.29 is 4.74 Å². The summed E-state index contributed by atoms with van der Waals surface area (Å²) in [6.45, 7) is 2.80. The first kappa shape index (κ1) is 13.4. The maximum absolute atomic E-state index is 5.76. The first-order valence-electron chi connectivity index (χ1n) is 6.16. The van der Waals surface area contributed by atoms with Crippen LogP contribution in [0, 0.1) is 0 Å². The molecule has 2 rings (SSSR count). The molecule has 0 saturated heterocycles. The summed E-state index contributed by atoms with van der Waals surface area (Å²) < 4.78 is 5.76. The van der Waals surface area contributed by atoms with Gasteiger partial charge in [0.1, 0.15) is 11.5 Å². The molecule has 0 unspecified atom stereocenters. The fraction of sp³-hybridized carbons (Fsp3) is 0.133. The van der Waals surface area contributed by atoms with E-state index in [4.69, 9.17) is 17.0 Å². The van der Waals surface area contributed by atoms with E-state index >= 15 is 0 Å². The summed E-state index contributed by atoms with van der Waals surface area (Å²) in [5.74, 6) is 1.59. The Balaban J connectivity index is 2.05. The van der Waals surface area contributed by atoms with Gasteiger partial charge in [0.05, 0.1) is 0 Å². The number of hydrogen-bond acceptors (Lipinski definition) is 2. The van der Waals surface area contributed by atoms with Crippen LogP contribution in [0.25, 0.3) is 0 Å². The number of ether oxygens (including phenoxy) is 1. The molecule has 2 N–H and O–H groups in total. The number of hydrogen-bond donors (Lipinski definition) is 2. The molecule has 0 bridgehead atoms. The van der Waals surface area contributed by atoms with Crippen LogP contribution in [0.5, 0.6) is 11.5 Å². The van der Waals surface area contributed by atoms with Gasteiger partial charge in [-0.15, -0.1) is 0 Å². The summed E-state index contributed by atoms with van der Waals surface area (Å²) in [7, 11) is 0. The van der Waals surface area contributed by atoms with Crippen molar-refractivity contribution in [1.82, 2.24) is 5.32 Å². The molecule has 2 aromatic carbocycles. The molecule has 0 spiro atoms. The van der Waals surface area contributed by atoms with Gasteiger partial charge in [-0.2, -0.15) is 0 Å². The summed E-state index contributed by atoms with van der Waals surface area (Å²) in [4.78, 5) is 0. The molecule has 0 radical (unpaired) electrons. The lowest BCUT2D eigenvalue weighted by molar-refractivity contribution is 0.483. The lowest BCUT2D eigenvalue weighted by Crippen LogP contribution is -2.27. The summed E-state index contributed by atoms with van der Waals surface area (Å²) in [6, 6.07) is 17.4. The van der Waals surface area contributed by atoms with Crippen molar-refractivity contribution in [2.45, 2.75) is 6.92 Å². The van der Waals surface area contributed by atoms with Crippen LogP contribution in [0.15, 0.2) is 54.6 Å². The quantitative estimate of drug-likeness (QED) is 0.830. The van der Waals surface area contributed by atoms with Crippen molar-refractivity contribution in [3.8, 4) is 11.5 Å². The van der Waals surface area contributed by atoms with Gasteiger partial charge < -0.3 is 15.4 Å². The molecule has 2 aromatic rings. The summed E-state index contributed by atoms with van der Waals surface area (Å²) >= 11 is 5.15. The van der Waals surface area contributed by atoms with Gasteiger partial charge in [0.15, 0.2) is 5.11 Å². The number of thiocarbonyl (C=S) groups is 1. The summed E-state index contributed by atoms with van der Waals surface area (Å²) in [6.07, 6.45) is 0. The Morgan fingerprint density at radius 1 is 1.05 bits per heavy atom. The molecule has 19 heavy (non-hydrogen) atoms. The molecule has 0 aliphatic carbocycles. The van der Waals surface area contributed by atoms with Crippen molar-refractivity contribution in [2.24, 2.45) is 0 Å². The van der Waals surface area contributed by atoms with E-state index in [0.717, 1.165) is 23.7 Å². The average Bonchev–Trinajstić information content (AvgIpc) is 2.40. The number of anilines is 1. The first-order chi connectivity index (χ1) is 9.28. The third-order valence-corrected chi connectivity index (χ3v) is 2.65. The maximum Gasteiger partial charge on any atom is 0.170 e. The standard InChI is InChI=1S/C15H16N2OS/c1-2-16-15(19)17-12-7-6-10-14(11-12)18-13-8-4-3-5-9-13/h3-11H,2H2,1H3,(H2,16,17,19). The van der Waals surface area contributed by atoms with Crippen LogP contribution in [-0.4, -0.2) is 11.7 Å². The van der Waals surface area contributed by atoms with Crippen LogP contribution in [-0.2, 0) is 0 Å². The monoisotopic (exact) mass is 272 g/mol. The molecule has 0 amide bonds. The highest BCUT2D eigenvalue weighted by atomic mass is 32.1. The minimum atomic E-state index is 0.611. The van der Waals surface area contributed by atoms with E-state index in [2.05, 4.69) is 10.6 Å². The van der Waals surface area contributed by atoms with Crippen molar-refractivity contribution in [1.29, 1.82) is 0 Å². The molecule has 0 heterocycles. The summed E-state index contributed by atoms with van der Waals surface area (Å²) in [5, 5.41) is 6.76. The molecular formula is C15H16N2OS. The van der Waals surface area contributed by atoms with Gasteiger partial charge in [-0.25, -0.2) is 0 Å². The SMILES string of the molecule is CCNC(=S)Nc1cccc(Oc2ccccc2)c1. The van der Waals surface area contributed by atoms with E-state index in [1.54, 1.807) is 0 Å². The molecule has 98 valence electrons. The molecule has 0 atom stereocenters. The molecule has 4 heteroatoms. The summed E-state index contributed by atoms with van der Waals surface area (Å²) in [5.41, 5.74) is 0.902. The first-order valence-corrected chi connectivity index (χ1v) is 6.56. The largest absolute Gasteiger partial charge is 0.457 e. The van der Waals surface area contributed by atoms with Crippen LogP contribution >= 0.6 is 12.2 Å². The third-order valence-electron chi connectivity index (χ3n) is 2.41. The van der Waals surface area contributed by atoms with Gasteiger partial charge in [0.2, 0.25) is 0 Å². The van der Waals surface area contributed by atoms with Crippen molar-refractivity contribution in [2.75, 3.05) is 11.9 Å². The Kier molecular flexibility index (Phi) is 4.75. The van der Waals surface area contributed by atoms with E-state index in [0.29, 0.717) is 5.11 Å². The Labute approximate surface area is 118 Å². The highest BCUT2D eigenvalue weighted by Gasteiger charge is 2.00. The Bertz CT molecular complexity index is 543. The molecule has 3 nitrogen and oxygen atoms in total. The van der Waals surface area contributed by atoms with E-state index in [-0.39, 0.29) is 0 Å². The van der Waals surface area contributed by atoms with E-state index in [1.807, 2.05) is 61.5 Å². The highest BCUT2D eigenvalue weighted by molar-refractivity contribution is 7.80. The van der Waals surface area contributed by atoms with Gasteiger partial charge in [0.25, 0.3) is 0 Å². The van der Waals surface area contributed by atoms with Gasteiger partial charge >= 0.3 is 0 Å². The van der Waals surface area contributed by atoms with E-state index in [1.165, 1.54) is 0 Å². The lowest BCUT2D eigenvalue weighted by atomic mass is 10.3. The zero-order valence-electron chi connectivity index (χ0n) is 10.7. The second kappa shape index (κ2) is 6.75. The normalized spacial score (nSPS) is 9.74.